The van der Waals surface area contributed by atoms with Crippen LogP contribution in [0.4, 0.5) is 32.0 Å². The number of benzene rings is 3. The summed E-state index contributed by atoms with van der Waals surface area (Å²) in [5.41, 5.74) is -2.11. The first-order valence-electron chi connectivity index (χ1n) is 12.4. The third-order valence-corrected chi connectivity index (χ3v) is 6.77. The van der Waals surface area contributed by atoms with Crippen molar-refractivity contribution in [3.8, 4) is 11.5 Å². The number of carbonyl (C=O) groups excluding carboxylic acids is 2. The lowest BCUT2D eigenvalue weighted by molar-refractivity contribution is -0.143. The molecule has 43 heavy (non-hydrogen) atoms. The van der Waals surface area contributed by atoms with Crippen molar-refractivity contribution in [3.05, 3.63) is 93.4 Å². The number of thioether (sulfide) groups is 1. The van der Waals surface area contributed by atoms with Gasteiger partial charge in [-0.2, -0.15) is 31.3 Å². The molecule has 0 atom stereocenters. The summed E-state index contributed by atoms with van der Waals surface area (Å²) in [6, 6.07) is 12.1. The van der Waals surface area contributed by atoms with Crippen LogP contribution in [0, 0.1) is 0 Å². The van der Waals surface area contributed by atoms with E-state index in [1.807, 2.05) is 0 Å². The SMILES string of the molecule is CCOC(=O)c1cccc(NC2=NC(=O)C(=Cc3ccc(OCc4ccc(C(F)(F)F)cc4C(F)(F)F)cc3OC)S2)c1. The first-order valence-corrected chi connectivity index (χ1v) is 13.2. The van der Waals surface area contributed by atoms with Crippen LogP contribution in [0.3, 0.4) is 0 Å². The van der Waals surface area contributed by atoms with Gasteiger partial charge in [0.1, 0.15) is 18.1 Å². The third-order valence-electron chi connectivity index (χ3n) is 5.87. The average molecular weight is 625 g/mol. The van der Waals surface area contributed by atoms with Gasteiger partial charge in [-0.25, -0.2) is 4.79 Å². The zero-order valence-corrected chi connectivity index (χ0v) is 23.2. The molecule has 0 aromatic heterocycles. The molecule has 0 saturated carbocycles. The van der Waals surface area contributed by atoms with Gasteiger partial charge in [-0.05, 0) is 67.2 Å². The molecule has 1 aliphatic heterocycles. The summed E-state index contributed by atoms with van der Waals surface area (Å²) < 4.78 is 95.0. The van der Waals surface area contributed by atoms with Crippen LogP contribution >= 0.6 is 11.8 Å². The summed E-state index contributed by atoms with van der Waals surface area (Å²) in [4.78, 5) is 28.7. The molecular weight excluding hydrogens is 602 g/mol. The molecule has 7 nitrogen and oxygen atoms in total. The lowest BCUT2D eigenvalue weighted by atomic mass is 10.0. The second kappa shape index (κ2) is 12.8. The topological polar surface area (TPSA) is 86.2 Å². The molecular formula is C29H22F6N2O5S. The van der Waals surface area contributed by atoms with Crippen molar-refractivity contribution in [3.63, 3.8) is 0 Å². The number of aliphatic imine (C=N–C) groups is 1. The molecule has 0 aliphatic carbocycles. The second-order valence-corrected chi connectivity index (χ2v) is 9.85. The molecule has 1 amide bonds. The van der Waals surface area contributed by atoms with Gasteiger partial charge in [0.2, 0.25) is 0 Å². The molecule has 1 heterocycles. The van der Waals surface area contributed by atoms with Gasteiger partial charge < -0.3 is 19.5 Å². The Bertz CT molecular complexity index is 1600. The van der Waals surface area contributed by atoms with E-state index in [2.05, 4.69) is 10.3 Å². The first kappa shape index (κ1) is 31.5. The van der Waals surface area contributed by atoms with E-state index in [0.29, 0.717) is 22.9 Å². The number of nitrogens with one attached hydrogen (secondary N) is 1. The lowest BCUT2D eigenvalue weighted by Crippen LogP contribution is -2.14. The highest BCUT2D eigenvalue weighted by Gasteiger charge is 2.38. The van der Waals surface area contributed by atoms with Crippen LogP contribution in [0.15, 0.2) is 70.6 Å². The fourth-order valence-corrected chi connectivity index (χ4v) is 4.69. The number of rotatable bonds is 8. The van der Waals surface area contributed by atoms with Crippen LogP contribution in [-0.4, -0.2) is 30.8 Å². The smallest absolute Gasteiger partial charge is 0.416 e. The highest BCUT2D eigenvalue weighted by molar-refractivity contribution is 8.18. The molecule has 0 radical (unpaired) electrons. The van der Waals surface area contributed by atoms with Crippen LogP contribution in [0.2, 0.25) is 0 Å². The number of carbonyl (C=O) groups is 2. The Morgan fingerprint density at radius 3 is 2.44 bits per heavy atom. The molecule has 14 heteroatoms. The maximum absolute atomic E-state index is 13.5. The van der Waals surface area contributed by atoms with E-state index < -0.39 is 47.5 Å². The number of nitrogens with zero attached hydrogens (tertiary/aromatic N) is 1. The van der Waals surface area contributed by atoms with Crippen molar-refractivity contribution in [1.29, 1.82) is 0 Å². The number of alkyl halides is 6. The Morgan fingerprint density at radius 1 is 1.00 bits per heavy atom. The van der Waals surface area contributed by atoms with Crippen LogP contribution < -0.4 is 14.8 Å². The predicted molar refractivity (Wildman–Crippen MR) is 148 cm³/mol. The lowest BCUT2D eigenvalue weighted by Gasteiger charge is -2.17. The van der Waals surface area contributed by atoms with Gasteiger partial charge >= 0.3 is 18.3 Å². The van der Waals surface area contributed by atoms with E-state index in [1.165, 1.54) is 31.4 Å². The quantitative estimate of drug-likeness (QED) is 0.157. The zero-order valence-electron chi connectivity index (χ0n) is 22.4. The molecule has 3 aromatic rings. The van der Waals surface area contributed by atoms with Crippen molar-refractivity contribution < 1.29 is 50.1 Å². The number of esters is 1. The predicted octanol–water partition coefficient (Wildman–Crippen LogP) is 7.57. The Balaban J connectivity index is 1.47. The van der Waals surface area contributed by atoms with E-state index in [-0.39, 0.29) is 34.2 Å². The maximum Gasteiger partial charge on any atom is 0.416 e. The molecule has 1 N–H and O–H groups in total. The number of amidine groups is 1. The largest absolute Gasteiger partial charge is 0.496 e. The van der Waals surface area contributed by atoms with Crippen molar-refractivity contribution in [2.24, 2.45) is 4.99 Å². The Hall–Kier alpha value is -4.46. The molecule has 1 aliphatic rings. The summed E-state index contributed by atoms with van der Waals surface area (Å²) in [6.45, 7) is 1.25. The van der Waals surface area contributed by atoms with Gasteiger partial charge in [-0.1, -0.05) is 12.1 Å². The minimum Gasteiger partial charge on any atom is -0.496 e. The Labute approximate surface area is 245 Å². The molecule has 0 fully saturated rings. The van der Waals surface area contributed by atoms with Gasteiger partial charge in [0.15, 0.2) is 5.17 Å². The van der Waals surface area contributed by atoms with Crippen LogP contribution in [0.25, 0.3) is 6.08 Å². The van der Waals surface area contributed by atoms with Gasteiger partial charge in [-0.15, -0.1) is 0 Å². The third kappa shape index (κ3) is 7.89. The minimum absolute atomic E-state index is 0.0487. The number of hydrogen-bond acceptors (Lipinski definition) is 7. The van der Waals surface area contributed by atoms with Crippen LogP contribution in [-0.2, 0) is 28.5 Å². The van der Waals surface area contributed by atoms with Crippen molar-refractivity contribution in [2.45, 2.75) is 25.9 Å². The summed E-state index contributed by atoms with van der Waals surface area (Å²) in [7, 11) is 1.34. The van der Waals surface area contributed by atoms with Crippen LogP contribution in [0.1, 0.15) is 39.5 Å². The molecule has 3 aromatic carbocycles. The highest BCUT2D eigenvalue weighted by Crippen LogP contribution is 2.38. The molecule has 226 valence electrons. The van der Waals surface area contributed by atoms with Gasteiger partial charge in [0, 0.05) is 22.9 Å². The van der Waals surface area contributed by atoms with E-state index in [0.717, 1.165) is 17.8 Å². The van der Waals surface area contributed by atoms with E-state index in [4.69, 9.17) is 14.2 Å². The fraction of sp³-hybridized carbons (Fsp3) is 0.207. The van der Waals surface area contributed by atoms with E-state index in [1.54, 1.807) is 31.2 Å². The minimum atomic E-state index is -5.03. The summed E-state index contributed by atoms with van der Waals surface area (Å²) >= 11 is 1.03. The average Bonchev–Trinajstić information content (AvgIpc) is 3.29. The van der Waals surface area contributed by atoms with Crippen molar-refractivity contribution >= 4 is 40.6 Å². The van der Waals surface area contributed by atoms with Crippen LogP contribution in [0.5, 0.6) is 11.5 Å². The van der Waals surface area contributed by atoms with Gasteiger partial charge in [0.05, 0.1) is 35.3 Å². The number of ether oxygens (including phenoxy) is 3. The molecule has 0 unspecified atom stereocenters. The molecule has 0 bridgehead atoms. The Kier molecular flexibility index (Phi) is 9.38. The summed E-state index contributed by atoms with van der Waals surface area (Å²) in [5.74, 6) is -0.746. The fourth-order valence-electron chi connectivity index (χ4n) is 3.87. The summed E-state index contributed by atoms with van der Waals surface area (Å²) in [6.07, 6.45) is -8.47. The van der Waals surface area contributed by atoms with Gasteiger partial charge in [0.25, 0.3) is 5.91 Å². The zero-order chi connectivity index (χ0) is 31.4. The number of hydrogen-bond donors (Lipinski definition) is 1. The van der Waals surface area contributed by atoms with E-state index in [9.17, 15) is 35.9 Å². The number of halogens is 6. The molecule has 0 saturated heterocycles. The molecule has 4 rings (SSSR count). The standard InChI is InChI=1S/C29H22F6N2O5S/c1-3-41-26(39)17-5-4-6-20(11-17)36-27-37-25(38)24(43-27)12-16-8-10-21(14-23(16)40-2)42-15-18-7-9-19(28(30,31)32)13-22(18)29(33,34)35/h4-14H,3,15H2,1-2H3,(H,36,37,38). The Morgan fingerprint density at radius 2 is 1.77 bits per heavy atom. The number of anilines is 1. The monoisotopic (exact) mass is 624 g/mol. The normalized spacial score (nSPS) is 14.5. The van der Waals surface area contributed by atoms with Gasteiger partial charge in [-0.3, -0.25) is 4.79 Å². The second-order valence-electron chi connectivity index (χ2n) is 8.82. The number of methoxy groups -OCH3 is 1. The van der Waals surface area contributed by atoms with Crippen molar-refractivity contribution in [1.82, 2.24) is 0 Å². The maximum atomic E-state index is 13.5. The number of amides is 1. The van der Waals surface area contributed by atoms with E-state index >= 15 is 0 Å². The molecule has 0 spiro atoms. The van der Waals surface area contributed by atoms with Crippen molar-refractivity contribution in [2.75, 3.05) is 19.0 Å². The highest BCUT2D eigenvalue weighted by atomic mass is 32.2. The first-order chi connectivity index (χ1) is 20.3. The summed E-state index contributed by atoms with van der Waals surface area (Å²) in [5, 5.41) is 3.23.